The van der Waals surface area contributed by atoms with E-state index in [1.807, 2.05) is 0 Å². The molecular weight excluding hydrogens is 238 g/mol. The first-order chi connectivity index (χ1) is 8.25. The number of nitrogens with one attached hydrogen (secondary N) is 1. The molecule has 7 heteroatoms. The van der Waals surface area contributed by atoms with E-state index < -0.39 is 12.1 Å². The van der Waals surface area contributed by atoms with E-state index in [9.17, 15) is 4.79 Å². The molecule has 0 bridgehead atoms. The molecule has 0 radical (unpaired) electrons. The number of carboxylic acids is 1. The van der Waals surface area contributed by atoms with E-state index in [1.165, 1.54) is 4.90 Å². The number of hydrogen-bond donors (Lipinski definition) is 4. The largest absolute Gasteiger partial charge is 0.481 e. The molecule has 1 fully saturated rings. The third kappa shape index (κ3) is 6.07. The van der Waals surface area contributed by atoms with Crippen LogP contribution in [0.2, 0.25) is 0 Å². The summed E-state index contributed by atoms with van der Waals surface area (Å²) in [5, 5.41) is 23.5. The van der Waals surface area contributed by atoms with Crippen molar-refractivity contribution in [2.24, 2.45) is 11.7 Å². The lowest BCUT2D eigenvalue weighted by molar-refractivity contribution is -0.134. The van der Waals surface area contributed by atoms with E-state index in [1.54, 1.807) is 7.05 Å². The fraction of sp³-hybridized carbons (Fsp3) is 0.727. The van der Waals surface area contributed by atoms with Crippen LogP contribution in [0.4, 0.5) is 4.79 Å². The smallest absolute Gasteiger partial charge is 0.407 e. The fourth-order valence-electron chi connectivity index (χ4n) is 1.93. The van der Waals surface area contributed by atoms with Crippen LogP contribution in [0.3, 0.4) is 0 Å². The second-order valence-electron chi connectivity index (χ2n) is 4.37. The number of nitrogens with two attached hydrogens (primary N) is 1. The molecule has 18 heavy (non-hydrogen) atoms. The lowest BCUT2D eigenvalue weighted by Crippen LogP contribution is -2.40. The number of carboxylic acid groups (broad SMARTS) is 2. The fourth-order valence-corrected chi connectivity index (χ4v) is 1.93. The first-order valence-corrected chi connectivity index (χ1v) is 5.74. The molecule has 1 rings (SSSR count). The van der Waals surface area contributed by atoms with Crippen LogP contribution in [0.5, 0.6) is 0 Å². The summed E-state index contributed by atoms with van der Waals surface area (Å²) in [5.74, 6) is -0.435. The molecule has 0 aromatic rings. The Morgan fingerprint density at radius 2 is 1.61 bits per heavy atom. The highest BCUT2D eigenvalue weighted by Gasteiger charge is 2.27. The van der Waals surface area contributed by atoms with E-state index in [0.717, 1.165) is 32.6 Å². The molecule has 1 saturated carbocycles. The van der Waals surface area contributed by atoms with Crippen LogP contribution in [-0.4, -0.2) is 46.1 Å². The maximum atomic E-state index is 10.7. The summed E-state index contributed by atoms with van der Waals surface area (Å²) in [4.78, 5) is 21.0. The van der Waals surface area contributed by atoms with Gasteiger partial charge in [-0.15, -0.1) is 0 Å². The minimum Gasteiger partial charge on any atom is -0.481 e. The molecule has 0 spiro atoms. The van der Waals surface area contributed by atoms with Crippen molar-refractivity contribution < 1.29 is 19.8 Å². The minimum absolute atomic E-state index is 0.100. The van der Waals surface area contributed by atoms with E-state index >= 15 is 0 Å². The van der Waals surface area contributed by atoms with Gasteiger partial charge in [0.05, 0.1) is 5.84 Å². The van der Waals surface area contributed by atoms with Crippen molar-refractivity contribution in [1.29, 1.82) is 5.41 Å². The Hall–Kier alpha value is -1.79. The summed E-state index contributed by atoms with van der Waals surface area (Å²) >= 11 is 0. The van der Waals surface area contributed by atoms with E-state index in [2.05, 4.69) is 0 Å². The van der Waals surface area contributed by atoms with Gasteiger partial charge in [-0.2, -0.15) is 0 Å². The van der Waals surface area contributed by atoms with Crippen LogP contribution >= 0.6 is 0 Å². The molecule has 1 aliphatic carbocycles. The monoisotopic (exact) mass is 259 g/mol. The molecular formula is C11H21N3O4. The number of nitrogens with zero attached hydrogens (tertiary/aromatic N) is 1. The quantitative estimate of drug-likeness (QED) is 0.437. The van der Waals surface area contributed by atoms with Gasteiger partial charge in [-0.3, -0.25) is 10.2 Å². The maximum Gasteiger partial charge on any atom is 0.407 e. The second kappa shape index (κ2) is 7.52. The van der Waals surface area contributed by atoms with Crippen molar-refractivity contribution in [3.63, 3.8) is 0 Å². The third-order valence-corrected chi connectivity index (χ3v) is 2.99. The summed E-state index contributed by atoms with van der Waals surface area (Å²) in [5.41, 5.74) is 5.40. The Labute approximate surface area is 106 Å². The topological polar surface area (TPSA) is 128 Å². The number of amides is 1. The molecule has 1 aliphatic rings. The van der Waals surface area contributed by atoms with E-state index in [-0.39, 0.29) is 17.8 Å². The zero-order valence-electron chi connectivity index (χ0n) is 10.7. The van der Waals surface area contributed by atoms with Crippen LogP contribution in [0.25, 0.3) is 0 Å². The summed E-state index contributed by atoms with van der Waals surface area (Å²) < 4.78 is 0. The Morgan fingerprint density at radius 3 is 1.89 bits per heavy atom. The van der Waals surface area contributed by atoms with E-state index in [4.69, 9.17) is 26.2 Å². The Bertz CT molecular complexity index is 307. The van der Waals surface area contributed by atoms with Crippen molar-refractivity contribution in [1.82, 2.24) is 4.90 Å². The van der Waals surface area contributed by atoms with Crippen molar-refractivity contribution >= 4 is 17.9 Å². The number of aliphatic carboxylic acids is 1. The van der Waals surface area contributed by atoms with Gasteiger partial charge in [-0.1, -0.05) is 0 Å². The second-order valence-corrected chi connectivity index (χ2v) is 4.37. The average molecular weight is 259 g/mol. The van der Waals surface area contributed by atoms with Crippen LogP contribution < -0.4 is 5.73 Å². The van der Waals surface area contributed by atoms with Crippen LogP contribution in [0, 0.1) is 11.3 Å². The minimum atomic E-state index is -0.878. The predicted molar refractivity (Wildman–Crippen MR) is 66.8 cm³/mol. The summed E-state index contributed by atoms with van der Waals surface area (Å²) in [7, 11) is 1.60. The van der Waals surface area contributed by atoms with Gasteiger partial charge in [0.2, 0.25) is 0 Å². The van der Waals surface area contributed by atoms with Gasteiger partial charge in [0.15, 0.2) is 0 Å². The highest BCUT2D eigenvalue weighted by molar-refractivity contribution is 5.79. The summed E-state index contributed by atoms with van der Waals surface area (Å²) in [6, 6.07) is 0.100. The van der Waals surface area contributed by atoms with Crippen molar-refractivity contribution in [3.8, 4) is 0 Å². The Kier molecular flexibility index (Phi) is 6.77. The summed E-state index contributed by atoms with van der Waals surface area (Å²) in [6.07, 6.45) is 2.41. The Balaban J connectivity index is 0.000000631. The molecule has 0 saturated heterocycles. The zero-order valence-corrected chi connectivity index (χ0v) is 10.7. The van der Waals surface area contributed by atoms with Crippen molar-refractivity contribution in [2.75, 3.05) is 7.05 Å². The van der Waals surface area contributed by atoms with Crippen LogP contribution in [-0.2, 0) is 4.79 Å². The molecule has 0 heterocycles. The van der Waals surface area contributed by atoms with E-state index in [0.29, 0.717) is 0 Å². The molecule has 0 unspecified atom stereocenters. The molecule has 0 atom stereocenters. The average Bonchev–Trinajstić information content (AvgIpc) is 2.27. The van der Waals surface area contributed by atoms with Gasteiger partial charge < -0.3 is 20.8 Å². The molecule has 7 nitrogen and oxygen atoms in total. The summed E-state index contributed by atoms with van der Waals surface area (Å²) in [6.45, 7) is 1.08. The van der Waals surface area contributed by atoms with Gasteiger partial charge in [-0.25, -0.2) is 4.79 Å². The normalized spacial score (nSPS) is 22.3. The standard InChI is InChI=1S/C9H17N3O2.C2H4O2/c1-12(9(13)14)7-4-2-6(3-5-7)8(10)11;1-2(3)4/h6-7H,2-5H2,1H3,(H3,10,11)(H,13,14);1H3,(H,3,4). The van der Waals surface area contributed by atoms with Gasteiger partial charge in [0.1, 0.15) is 0 Å². The van der Waals surface area contributed by atoms with Crippen molar-refractivity contribution in [3.05, 3.63) is 0 Å². The lowest BCUT2D eigenvalue weighted by atomic mass is 9.85. The maximum absolute atomic E-state index is 10.7. The number of rotatable bonds is 2. The first kappa shape index (κ1) is 16.2. The molecule has 5 N–H and O–H groups in total. The molecule has 104 valence electrons. The first-order valence-electron chi connectivity index (χ1n) is 5.74. The van der Waals surface area contributed by atoms with Gasteiger partial charge >= 0.3 is 6.09 Å². The number of amidine groups is 1. The Morgan fingerprint density at radius 1 is 1.22 bits per heavy atom. The van der Waals surface area contributed by atoms with Gasteiger partial charge in [0.25, 0.3) is 5.97 Å². The number of carbonyl (C=O) groups is 2. The van der Waals surface area contributed by atoms with Crippen LogP contribution in [0.15, 0.2) is 0 Å². The molecule has 0 aromatic carbocycles. The van der Waals surface area contributed by atoms with Gasteiger partial charge in [0, 0.05) is 25.9 Å². The molecule has 0 aliphatic heterocycles. The molecule has 1 amide bonds. The highest BCUT2D eigenvalue weighted by Crippen LogP contribution is 2.26. The highest BCUT2D eigenvalue weighted by atomic mass is 16.4. The molecule has 0 aromatic heterocycles. The van der Waals surface area contributed by atoms with Gasteiger partial charge in [-0.05, 0) is 25.7 Å². The zero-order chi connectivity index (χ0) is 14.3. The van der Waals surface area contributed by atoms with Crippen molar-refractivity contribution in [2.45, 2.75) is 38.6 Å². The SMILES string of the molecule is CC(=O)O.CN(C(=O)O)C1CCC(C(=N)N)CC1. The van der Waals surface area contributed by atoms with Crippen LogP contribution in [0.1, 0.15) is 32.6 Å². The lowest BCUT2D eigenvalue weighted by Gasteiger charge is -2.32. The predicted octanol–water partition coefficient (Wildman–Crippen LogP) is 1.18. The third-order valence-electron chi connectivity index (χ3n) is 2.99. The number of hydrogen-bond acceptors (Lipinski definition) is 3.